The van der Waals surface area contributed by atoms with Crippen LogP contribution in [-0.2, 0) is 4.79 Å². The van der Waals surface area contributed by atoms with Crippen LogP contribution in [0.1, 0.15) is 30.1 Å². The quantitative estimate of drug-likeness (QED) is 0.718. The summed E-state index contributed by atoms with van der Waals surface area (Å²) in [5.41, 5.74) is 3.22. The maximum Gasteiger partial charge on any atom is 0.221 e. The van der Waals surface area contributed by atoms with Gasteiger partial charge in [0.05, 0.1) is 10.4 Å². The Labute approximate surface area is 138 Å². The van der Waals surface area contributed by atoms with E-state index in [0.29, 0.717) is 22.6 Å². The van der Waals surface area contributed by atoms with E-state index in [2.05, 4.69) is 10.3 Å². The summed E-state index contributed by atoms with van der Waals surface area (Å²) in [4.78, 5) is 28.0. The maximum atomic E-state index is 11.9. The van der Waals surface area contributed by atoms with Crippen LogP contribution in [0.5, 0.6) is 0 Å². The molecule has 3 rings (SSSR count). The molecule has 1 N–H and O–H groups in total. The second-order valence-electron chi connectivity index (χ2n) is 5.18. The lowest BCUT2D eigenvalue weighted by Gasteiger charge is -2.11. The van der Waals surface area contributed by atoms with Crippen LogP contribution in [0.15, 0.2) is 42.5 Å². The fourth-order valence-corrected chi connectivity index (χ4v) is 3.41. The molecule has 1 heterocycles. The van der Waals surface area contributed by atoms with Crippen LogP contribution in [0.25, 0.3) is 21.3 Å². The van der Waals surface area contributed by atoms with E-state index < -0.39 is 0 Å². The molecule has 2 aromatic carbocycles. The van der Waals surface area contributed by atoms with E-state index in [-0.39, 0.29) is 11.7 Å². The van der Waals surface area contributed by atoms with E-state index in [1.165, 1.54) is 18.3 Å². The number of carbonyl (C=O) groups excluding carboxylic acids is 2. The number of anilines is 1. The third-order valence-corrected chi connectivity index (χ3v) is 4.57. The molecule has 0 saturated heterocycles. The van der Waals surface area contributed by atoms with Gasteiger partial charge in [0.1, 0.15) is 5.52 Å². The molecule has 1 amide bonds. The zero-order valence-electron chi connectivity index (χ0n) is 12.9. The second-order valence-corrected chi connectivity index (χ2v) is 6.21. The first kappa shape index (κ1) is 15.4. The smallest absolute Gasteiger partial charge is 0.221 e. The predicted octanol–water partition coefficient (Wildman–Crippen LogP) is 4.51. The van der Waals surface area contributed by atoms with Crippen molar-refractivity contribution in [3.63, 3.8) is 0 Å². The highest BCUT2D eigenvalue weighted by Gasteiger charge is 2.17. The monoisotopic (exact) mass is 324 g/mol. The molecule has 0 fully saturated rings. The van der Waals surface area contributed by atoms with Crippen LogP contribution in [0.4, 0.5) is 5.69 Å². The first-order chi connectivity index (χ1) is 11.1. The van der Waals surface area contributed by atoms with Gasteiger partial charge in [0.15, 0.2) is 10.8 Å². The second kappa shape index (κ2) is 6.30. The summed E-state index contributed by atoms with van der Waals surface area (Å²) >= 11 is 1.36. The molecule has 0 aliphatic rings. The molecule has 0 spiro atoms. The highest BCUT2D eigenvalue weighted by Crippen LogP contribution is 2.37. The van der Waals surface area contributed by atoms with Crippen LogP contribution < -0.4 is 5.32 Å². The number of thiazole rings is 1. The van der Waals surface area contributed by atoms with E-state index in [9.17, 15) is 9.59 Å². The molecule has 5 heteroatoms. The van der Waals surface area contributed by atoms with Crippen LogP contribution in [-0.4, -0.2) is 16.7 Å². The molecule has 116 valence electrons. The number of fused-ring (bicyclic) bond motifs is 1. The largest absolute Gasteiger partial charge is 0.324 e. The minimum absolute atomic E-state index is 0.0150. The first-order valence-electron chi connectivity index (χ1n) is 7.40. The van der Waals surface area contributed by atoms with Gasteiger partial charge < -0.3 is 5.32 Å². The average molecular weight is 324 g/mol. The minimum atomic E-state index is -0.161. The van der Waals surface area contributed by atoms with E-state index in [4.69, 9.17) is 0 Å². The zero-order chi connectivity index (χ0) is 16.4. The molecule has 3 aromatic rings. The Morgan fingerprint density at radius 2 is 1.87 bits per heavy atom. The van der Waals surface area contributed by atoms with Crippen molar-refractivity contribution in [3.8, 4) is 11.1 Å². The van der Waals surface area contributed by atoms with Gasteiger partial charge in [-0.2, -0.15) is 0 Å². The van der Waals surface area contributed by atoms with Crippen molar-refractivity contribution in [2.24, 2.45) is 0 Å². The summed E-state index contributed by atoms with van der Waals surface area (Å²) < 4.78 is 0.894. The summed E-state index contributed by atoms with van der Waals surface area (Å²) in [6, 6.07) is 13.7. The van der Waals surface area contributed by atoms with Gasteiger partial charge in [-0.3, -0.25) is 9.59 Å². The normalized spacial score (nSPS) is 10.7. The van der Waals surface area contributed by atoms with Crippen molar-refractivity contribution in [2.75, 3.05) is 5.32 Å². The molecule has 0 aliphatic carbocycles. The molecule has 1 aromatic heterocycles. The van der Waals surface area contributed by atoms with E-state index in [0.717, 1.165) is 15.8 Å². The number of amides is 1. The molecule has 0 aliphatic heterocycles. The Morgan fingerprint density at radius 1 is 1.13 bits per heavy atom. The highest BCUT2D eigenvalue weighted by molar-refractivity contribution is 7.20. The van der Waals surface area contributed by atoms with Gasteiger partial charge in [0, 0.05) is 18.9 Å². The average Bonchev–Trinajstić information content (AvgIpc) is 2.99. The summed E-state index contributed by atoms with van der Waals surface area (Å²) in [5.74, 6) is -0.146. The predicted molar refractivity (Wildman–Crippen MR) is 94.0 cm³/mol. The molecule has 4 nitrogen and oxygen atoms in total. The summed E-state index contributed by atoms with van der Waals surface area (Å²) in [6.45, 7) is 3.29. The number of carbonyl (C=O) groups is 2. The topological polar surface area (TPSA) is 59.1 Å². The summed E-state index contributed by atoms with van der Waals surface area (Å²) in [7, 11) is 0. The van der Waals surface area contributed by atoms with Gasteiger partial charge in [-0.25, -0.2) is 4.98 Å². The van der Waals surface area contributed by atoms with E-state index in [1.54, 1.807) is 0 Å². The molecule has 0 radical (unpaired) electrons. The van der Waals surface area contributed by atoms with Crippen molar-refractivity contribution in [2.45, 2.75) is 20.3 Å². The minimum Gasteiger partial charge on any atom is -0.324 e. The van der Waals surface area contributed by atoms with E-state index in [1.807, 2.05) is 49.4 Å². The van der Waals surface area contributed by atoms with Gasteiger partial charge in [-0.15, -0.1) is 11.3 Å². The number of aromatic nitrogens is 1. The molecule has 0 unspecified atom stereocenters. The van der Waals surface area contributed by atoms with Crippen molar-refractivity contribution < 1.29 is 9.59 Å². The first-order valence-corrected chi connectivity index (χ1v) is 8.21. The lowest BCUT2D eigenvalue weighted by atomic mass is 10.0. The highest BCUT2D eigenvalue weighted by atomic mass is 32.1. The Bertz CT molecular complexity index is 885. The van der Waals surface area contributed by atoms with Crippen LogP contribution in [0, 0.1) is 0 Å². The van der Waals surface area contributed by atoms with Crippen molar-refractivity contribution >= 4 is 38.9 Å². The van der Waals surface area contributed by atoms with Crippen molar-refractivity contribution in [3.05, 3.63) is 47.5 Å². The van der Waals surface area contributed by atoms with Crippen molar-refractivity contribution in [1.82, 2.24) is 4.98 Å². The molecule has 0 atom stereocenters. The zero-order valence-corrected chi connectivity index (χ0v) is 13.7. The number of hydrogen-bond acceptors (Lipinski definition) is 4. The Hall–Kier alpha value is -2.53. The van der Waals surface area contributed by atoms with Gasteiger partial charge in [0.25, 0.3) is 0 Å². The number of benzene rings is 2. The van der Waals surface area contributed by atoms with Crippen LogP contribution in [0.2, 0.25) is 0 Å². The molecule has 0 saturated carbocycles. The number of nitrogens with zero attached hydrogens (tertiary/aromatic N) is 1. The number of hydrogen-bond donors (Lipinski definition) is 1. The fraction of sp³-hybridized carbons (Fsp3) is 0.167. The maximum absolute atomic E-state index is 11.9. The molecule has 0 bridgehead atoms. The standard InChI is InChI=1S/C18H16N2O2S/c1-3-14(22)18-20-17-15(23-18)10-9-13(16(17)19-11(2)21)12-7-5-4-6-8-12/h4-10H,3H2,1-2H3,(H,19,21). The molecular formula is C18H16N2O2S. The van der Waals surface area contributed by atoms with Gasteiger partial charge in [-0.1, -0.05) is 43.3 Å². The lowest BCUT2D eigenvalue weighted by Crippen LogP contribution is -2.07. The lowest BCUT2D eigenvalue weighted by molar-refractivity contribution is -0.114. The fourth-order valence-electron chi connectivity index (χ4n) is 2.43. The molecule has 23 heavy (non-hydrogen) atoms. The number of Topliss-reactive ketones (excluding diaryl/α,β-unsaturated/α-hetero) is 1. The summed E-state index contributed by atoms with van der Waals surface area (Å²) in [5, 5.41) is 3.36. The number of ketones is 1. The van der Waals surface area contributed by atoms with Crippen molar-refractivity contribution in [1.29, 1.82) is 0 Å². The SMILES string of the molecule is CCC(=O)c1nc2c(NC(C)=O)c(-c3ccccc3)ccc2s1. The third-order valence-electron chi connectivity index (χ3n) is 3.51. The van der Waals surface area contributed by atoms with Gasteiger partial charge >= 0.3 is 0 Å². The van der Waals surface area contributed by atoms with Crippen LogP contribution >= 0.6 is 11.3 Å². The van der Waals surface area contributed by atoms with Gasteiger partial charge in [0.2, 0.25) is 5.91 Å². The number of nitrogens with one attached hydrogen (secondary N) is 1. The number of rotatable bonds is 4. The third kappa shape index (κ3) is 3.00. The van der Waals surface area contributed by atoms with Gasteiger partial charge in [-0.05, 0) is 11.6 Å². The van der Waals surface area contributed by atoms with Crippen LogP contribution in [0.3, 0.4) is 0 Å². The summed E-state index contributed by atoms with van der Waals surface area (Å²) in [6.07, 6.45) is 0.417. The van der Waals surface area contributed by atoms with E-state index >= 15 is 0 Å². The molecular weight excluding hydrogens is 308 g/mol. The Morgan fingerprint density at radius 3 is 2.52 bits per heavy atom. The Balaban J connectivity index is 2.24. The Kier molecular flexibility index (Phi) is 4.21.